The van der Waals surface area contributed by atoms with E-state index < -0.39 is 0 Å². The highest BCUT2D eigenvalue weighted by molar-refractivity contribution is 6.29. The SMILES string of the molecule is CC(N)C1CCN(C(=O)c2ccc(Cl)o2)C1.Cl. The van der Waals surface area contributed by atoms with Gasteiger partial charge in [-0.2, -0.15) is 0 Å². The summed E-state index contributed by atoms with van der Waals surface area (Å²) >= 11 is 5.63. The molecule has 6 heteroatoms. The number of nitrogens with zero attached hydrogens (tertiary/aromatic N) is 1. The van der Waals surface area contributed by atoms with E-state index in [-0.39, 0.29) is 29.6 Å². The number of rotatable bonds is 2. The van der Waals surface area contributed by atoms with E-state index in [1.54, 1.807) is 17.0 Å². The van der Waals surface area contributed by atoms with Gasteiger partial charge in [0.1, 0.15) is 0 Å². The molecule has 4 nitrogen and oxygen atoms in total. The van der Waals surface area contributed by atoms with Crippen LogP contribution in [-0.2, 0) is 0 Å². The molecule has 0 bridgehead atoms. The van der Waals surface area contributed by atoms with E-state index in [9.17, 15) is 4.79 Å². The number of hydrogen-bond acceptors (Lipinski definition) is 3. The summed E-state index contributed by atoms with van der Waals surface area (Å²) in [6, 6.07) is 3.30. The van der Waals surface area contributed by atoms with Crippen LogP contribution in [0, 0.1) is 5.92 Å². The first-order valence-electron chi connectivity index (χ1n) is 5.38. The lowest BCUT2D eigenvalue weighted by atomic mass is 10.0. The lowest BCUT2D eigenvalue weighted by Crippen LogP contribution is -2.32. The Morgan fingerprint density at radius 1 is 1.65 bits per heavy atom. The number of nitrogens with two attached hydrogens (primary N) is 1. The lowest BCUT2D eigenvalue weighted by molar-refractivity contribution is 0.0754. The van der Waals surface area contributed by atoms with Gasteiger partial charge in [-0.3, -0.25) is 4.79 Å². The zero-order valence-electron chi connectivity index (χ0n) is 9.56. The molecule has 1 aromatic heterocycles. The molecule has 1 aliphatic rings. The summed E-state index contributed by atoms with van der Waals surface area (Å²) in [6.45, 7) is 3.42. The fourth-order valence-corrected chi connectivity index (χ4v) is 2.13. The van der Waals surface area contributed by atoms with Gasteiger partial charge in [-0.25, -0.2) is 0 Å². The minimum absolute atomic E-state index is 0. The Morgan fingerprint density at radius 2 is 2.35 bits per heavy atom. The molecule has 0 aromatic carbocycles. The summed E-state index contributed by atoms with van der Waals surface area (Å²) in [4.78, 5) is 13.7. The third kappa shape index (κ3) is 3.15. The number of carbonyl (C=O) groups excluding carboxylic acids is 1. The number of likely N-dealkylation sites (tertiary alicyclic amines) is 1. The number of hydrogen-bond donors (Lipinski definition) is 1. The van der Waals surface area contributed by atoms with Gasteiger partial charge < -0.3 is 15.1 Å². The van der Waals surface area contributed by atoms with Crippen molar-refractivity contribution in [3.8, 4) is 0 Å². The fraction of sp³-hybridized carbons (Fsp3) is 0.545. The van der Waals surface area contributed by atoms with Gasteiger partial charge in [0.15, 0.2) is 11.0 Å². The molecule has 1 aromatic rings. The first kappa shape index (κ1) is 14.4. The molecule has 1 fully saturated rings. The molecule has 2 rings (SSSR count). The Balaban J connectivity index is 0.00000144. The summed E-state index contributed by atoms with van der Waals surface area (Å²) in [5.74, 6) is 0.583. The van der Waals surface area contributed by atoms with Crippen LogP contribution in [0.25, 0.3) is 0 Å². The van der Waals surface area contributed by atoms with Gasteiger partial charge in [0.2, 0.25) is 0 Å². The van der Waals surface area contributed by atoms with E-state index in [1.807, 2.05) is 6.92 Å². The number of amides is 1. The zero-order valence-corrected chi connectivity index (χ0v) is 11.1. The Labute approximate surface area is 111 Å². The summed E-state index contributed by atoms with van der Waals surface area (Å²) in [5, 5.41) is 0.242. The van der Waals surface area contributed by atoms with Gasteiger partial charge >= 0.3 is 0 Å². The number of halogens is 2. The van der Waals surface area contributed by atoms with Crippen molar-refractivity contribution in [1.29, 1.82) is 0 Å². The van der Waals surface area contributed by atoms with Crippen LogP contribution in [0.4, 0.5) is 0 Å². The van der Waals surface area contributed by atoms with Crippen molar-refractivity contribution in [1.82, 2.24) is 4.90 Å². The Kier molecular flexibility index (Phi) is 4.86. The fourth-order valence-electron chi connectivity index (χ4n) is 1.99. The van der Waals surface area contributed by atoms with Crippen molar-refractivity contribution >= 4 is 29.9 Å². The monoisotopic (exact) mass is 278 g/mol. The highest BCUT2D eigenvalue weighted by Gasteiger charge is 2.30. The summed E-state index contributed by atoms with van der Waals surface area (Å²) in [5.41, 5.74) is 5.82. The second kappa shape index (κ2) is 5.76. The van der Waals surface area contributed by atoms with Crippen molar-refractivity contribution in [3.05, 3.63) is 23.1 Å². The highest BCUT2D eigenvalue weighted by atomic mass is 35.5. The first-order chi connectivity index (χ1) is 7.58. The van der Waals surface area contributed by atoms with E-state index in [0.29, 0.717) is 18.2 Å². The molecule has 2 atom stereocenters. The van der Waals surface area contributed by atoms with Gasteiger partial charge in [-0.15, -0.1) is 12.4 Å². The maximum Gasteiger partial charge on any atom is 0.289 e. The van der Waals surface area contributed by atoms with Crippen molar-refractivity contribution in [3.63, 3.8) is 0 Å². The van der Waals surface area contributed by atoms with Crippen molar-refractivity contribution in [2.75, 3.05) is 13.1 Å². The molecule has 0 spiro atoms. The van der Waals surface area contributed by atoms with Crippen LogP contribution >= 0.6 is 24.0 Å². The van der Waals surface area contributed by atoms with Gasteiger partial charge in [-0.1, -0.05) is 0 Å². The van der Waals surface area contributed by atoms with E-state index in [1.165, 1.54) is 0 Å². The van der Waals surface area contributed by atoms with Crippen LogP contribution in [0.1, 0.15) is 23.9 Å². The van der Waals surface area contributed by atoms with Gasteiger partial charge in [-0.05, 0) is 43.0 Å². The van der Waals surface area contributed by atoms with E-state index in [4.69, 9.17) is 21.8 Å². The van der Waals surface area contributed by atoms with Crippen LogP contribution in [0.3, 0.4) is 0 Å². The molecular weight excluding hydrogens is 263 g/mol. The average molecular weight is 279 g/mol. The van der Waals surface area contributed by atoms with Crippen LogP contribution in [0.15, 0.2) is 16.5 Å². The third-order valence-electron chi connectivity index (χ3n) is 3.04. The molecule has 2 N–H and O–H groups in total. The zero-order chi connectivity index (χ0) is 11.7. The topological polar surface area (TPSA) is 59.5 Å². The van der Waals surface area contributed by atoms with Crippen LogP contribution in [0.2, 0.25) is 5.22 Å². The molecule has 1 aliphatic heterocycles. The second-order valence-corrected chi connectivity index (χ2v) is 4.64. The Morgan fingerprint density at radius 3 is 2.82 bits per heavy atom. The highest BCUT2D eigenvalue weighted by Crippen LogP contribution is 2.22. The average Bonchev–Trinajstić information content (AvgIpc) is 2.84. The minimum atomic E-state index is -0.102. The molecule has 1 amide bonds. The molecule has 2 heterocycles. The molecule has 17 heavy (non-hydrogen) atoms. The third-order valence-corrected chi connectivity index (χ3v) is 3.24. The second-order valence-electron chi connectivity index (χ2n) is 4.26. The maximum atomic E-state index is 12.0. The summed E-state index contributed by atoms with van der Waals surface area (Å²) < 4.78 is 5.10. The van der Waals surface area contributed by atoms with Crippen LogP contribution in [-0.4, -0.2) is 29.9 Å². The van der Waals surface area contributed by atoms with Gasteiger partial charge in [0, 0.05) is 19.1 Å². The molecule has 0 saturated carbocycles. The molecule has 0 aliphatic carbocycles. The Hall–Kier alpha value is -0.710. The molecule has 1 saturated heterocycles. The number of furan rings is 1. The maximum absolute atomic E-state index is 12.0. The van der Waals surface area contributed by atoms with Crippen molar-refractivity contribution < 1.29 is 9.21 Å². The molecule has 0 radical (unpaired) electrons. The minimum Gasteiger partial charge on any atom is -0.440 e. The normalized spacial score (nSPS) is 21.1. The largest absolute Gasteiger partial charge is 0.440 e. The van der Waals surface area contributed by atoms with Gasteiger partial charge in [0.05, 0.1) is 0 Å². The van der Waals surface area contributed by atoms with E-state index >= 15 is 0 Å². The van der Waals surface area contributed by atoms with Crippen LogP contribution < -0.4 is 5.73 Å². The van der Waals surface area contributed by atoms with E-state index in [0.717, 1.165) is 13.0 Å². The summed E-state index contributed by atoms with van der Waals surface area (Å²) in [7, 11) is 0. The summed E-state index contributed by atoms with van der Waals surface area (Å²) in [6.07, 6.45) is 0.956. The molecular formula is C11H16Cl2N2O2. The smallest absolute Gasteiger partial charge is 0.289 e. The van der Waals surface area contributed by atoms with Crippen molar-refractivity contribution in [2.45, 2.75) is 19.4 Å². The van der Waals surface area contributed by atoms with Crippen molar-refractivity contribution in [2.24, 2.45) is 11.7 Å². The lowest BCUT2D eigenvalue weighted by Gasteiger charge is -2.16. The molecule has 2 unspecified atom stereocenters. The standard InChI is InChI=1S/C11H15ClN2O2.ClH/c1-7(13)8-4-5-14(6-8)11(15)9-2-3-10(12)16-9;/h2-3,7-8H,4-6,13H2,1H3;1H. The first-order valence-corrected chi connectivity index (χ1v) is 5.76. The van der Waals surface area contributed by atoms with Gasteiger partial charge in [0.25, 0.3) is 5.91 Å². The Bertz CT molecular complexity index is 393. The predicted octanol–water partition coefficient (Wildman–Crippen LogP) is 2.16. The van der Waals surface area contributed by atoms with E-state index in [2.05, 4.69) is 0 Å². The predicted molar refractivity (Wildman–Crippen MR) is 68.6 cm³/mol. The number of carbonyl (C=O) groups is 1. The molecule has 96 valence electrons. The quantitative estimate of drug-likeness (QED) is 0.902. The van der Waals surface area contributed by atoms with Crippen LogP contribution in [0.5, 0.6) is 0 Å².